The van der Waals surface area contributed by atoms with Crippen LogP contribution in [-0.2, 0) is 20.9 Å². The smallest absolute Gasteiger partial charge is 0.243 e. The molecule has 2 aliphatic rings. The van der Waals surface area contributed by atoms with E-state index in [-0.39, 0.29) is 30.7 Å². The zero-order valence-corrected chi connectivity index (χ0v) is 19.8. The maximum atomic E-state index is 13.1. The molecule has 2 saturated heterocycles. The number of anilines is 1. The lowest BCUT2D eigenvalue weighted by Gasteiger charge is -2.38. The lowest BCUT2D eigenvalue weighted by molar-refractivity contribution is -0.145. The molecule has 2 fully saturated rings. The zero-order valence-electron chi connectivity index (χ0n) is 19.1. The van der Waals surface area contributed by atoms with Crippen molar-refractivity contribution in [2.24, 2.45) is 0 Å². The molecule has 34 heavy (non-hydrogen) atoms. The summed E-state index contributed by atoms with van der Waals surface area (Å²) < 4.78 is 0. The third-order valence-corrected chi connectivity index (χ3v) is 6.58. The van der Waals surface area contributed by atoms with Crippen molar-refractivity contribution in [1.29, 1.82) is 0 Å². The van der Waals surface area contributed by atoms with Crippen LogP contribution >= 0.6 is 11.6 Å². The molecule has 8 nitrogen and oxygen atoms in total. The molecule has 1 unspecified atom stereocenters. The highest BCUT2D eigenvalue weighted by Crippen LogP contribution is 2.21. The second-order valence-corrected chi connectivity index (χ2v) is 9.07. The van der Waals surface area contributed by atoms with Crippen molar-refractivity contribution in [3.8, 4) is 0 Å². The molecule has 3 amide bonds. The molecule has 2 aliphatic heterocycles. The van der Waals surface area contributed by atoms with Gasteiger partial charge in [0.05, 0.1) is 23.7 Å². The van der Waals surface area contributed by atoms with Crippen LogP contribution in [-0.4, -0.2) is 84.3 Å². The summed E-state index contributed by atoms with van der Waals surface area (Å²) in [6, 6.07) is 16.4. The van der Waals surface area contributed by atoms with Gasteiger partial charge in [0.2, 0.25) is 17.7 Å². The Morgan fingerprint density at radius 1 is 0.941 bits per heavy atom. The van der Waals surface area contributed by atoms with Gasteiger partial charge in [-0.1, -0.05) is 54.1 Å². The summed E-state index contributed by atoms with van der Waals surface area (Å²) >= 11 is 6.12. The maximum Gasteiger partial charge on any atom is 0.243 e. The van der Waals surface area contributed by atoms with E-state index in [1.54, 1.807) is 29.2 Å². The highest BCUT2D eigenvalue weighted by Gasteiger charge is 2.35. The predicted octanol–water partition coefficient (Wildman–Crippen LogP) is 1.81. The summed E-state index contributed by atoms with van der Waals surface area (Å²) in [4.78, 5) is 44.3. The molecule has 0 aromatic heterocycles. The standard InChI is InChI=1S/C25H30ClN5O3/c26-20-8-4-5-9-21(20)28-23(32)16-22-25(34)27-10-11-31(22)24(33)18-30-14-12-29(13-15-30)17-19-6-2-1-3-7-19/h1-9,22H,10-18H2,(H,27,34)(H,28,32). The molecule has 180 valence electrons. The quantitative estimate of drug-likeness (QED) is 0.627. The van der Waals surface area contributed by atoms with Gasteiger partial charge in [-0.3, -0.25) is 24.2 Å². The SMILES string of the molecule is O=C(CC1C(=O)NCCN1C(=O)CN1CCN(Cc2ccccc2)CC1)Nc1ccccc1Cl. The first-order valence-corrected chi connectivity index (χ1v) is 12.0. The minimum absolute atomic E-state index is 0.117. The van der Waals surface area contributed by atoms with E-state index in [0.29, 0.717) is 23.8 Å². The van der Waals surface area contributed by atoms with Crippen LogP contribution in [0.1, 0.15) is 12.0 Å². The molecule has 0 radical (unpaired) electrons. The molecule has 0 spiro atoms. The van der Waals surface area contributed by atoms with E-state index >= 15 is 0 Å². The van der Waals surface area contributed by atoms with E-state index in [1.165, 1.54) is 5.56 Å². The zero-order chi connectivity index (χ0) is 23.9. The van der Waals surface area contributed by atoms with Crippen molar-refractivity contribution < 1.29 is 14.4 Å². The van der Waals surface area contributed by atoms with Crippen LogP contribution in [0, 0.1) is 0 Å². The van der Waals surface area contributed by atoms with Gasteiger partial charge in [-0.25, -0.2) is 0 Å². The number of amides is 3. The van der Waals surface area contributed by atoms with Crippen molar-refractivity contribution >= 4 is 35.0 Å². The first-order chi connectivity index (χ1) is 16.5. The molecule has 0 aliphatic carbocycles. The maximum absolute atomic E-state index is 13.1. The average molecular weight is 484 g/mol. The van der Waals surface area contributed by atoms with Gasteiger partial charge in [-0.2, -0.15) is 0 Å². The Kier molecular flexibility index (Phi) is 8.16. The van der Waals surface area contributed by atoms with Gasteiger partial charge in [0.25, 0.3) is 0 Å². The highest BCUT2D eigenvalue weighted by molar-refractivity contribution is 6.33. The van der Waals surface area contributed by atoms with Gasteiger partial charge >= 0.3 is 0 Å². The monoisotopic (exact) mass is 483 g/mol. The van der Waals surface area contributed by atoms with Crippen LogP contribution in [0.3, 0.4) is 0 Å². The Balaban J connectivity index is 1.30. The third-order valence-electron chi connectivity index (χ3n) is 6.25. The summed E-state index contributed by atoms with van der Waals surface area (Å²) in [6.07, 6.45) is -0.117. The summed E-state index contributed by atoms with van der Waals surface area (Å²) in [6.45, 7) is 5.26. The molecule has 2 aromatic carbocycles. The van der Waals surface area contributed by atoms with Gasteiger partial charge in [0, 0.05) is 45.8 Å². The van der Waals surface area contributed by atoms with Crippen molar-refractivity contribution in [3.05, 3.63) is 65.2 Å². The summed E-state index contributed by atoms with van der Waals surface area (Å²) in [5.41, 5.74) is 1.76. The van der Waals surface area contributed by atoms with Gasteiger partial charge in [0.1, 0.15) is 6.04 Å². The van der Waals surface area contributed by atoms with E-state index in [0.717, 1.165) is 32.7 Å². The number of piperazine rings is 2. The lowest BCUT2D eigenvalue weighted by atomic mass is 10.1. The van der Waals surface area contributed by atoms with E-state index < -0.39 is 6.04 Å². The molecule has 4 rings (SSSR count). The molecule has 2 heterocycles. The molecule has 9 heteroatoms. The number of hydrogen-bond acceptors (Lipinski definition) is 5. The third kappa shape index (κ3) is 6.34. The summed E-state index contributed by atoms with van der Waals surface area (Å²) in [7, 11) is 0. The van der Waals surface area contributed by atoms with Gasteiger partial charge in [-0.15, -0.1) is 0 Å². The Bertz CT molecular complexity index is 1010. The van der Waals surface area contributed by atoms with E-state index in [4.69, 9.17) is 11.6 Å². The second-order valence-electron chi connectivity index (χ2n) is 8.66. The molecular formula is C25H30ClN5O3. The fourth-order valence-corrected chi connectivity index (χ4v) is 4.57. The summed E-state index contributed by atoms with van der Waals surface area (Å²) in [5, 5.41) is 5.93. The van der Waals surface area contributed by atoms with Crippen molar-refractivity contribution in [2.45, 2.75) is 19.0 Å². The van der Waals surface area contributed by atoms with Gasteiger partial charge in [0.15, 0.2) is 0 Å². The first-order valence-electron chi connectivity index (χ1n) is 11.6. The molecule has 2 N–H and O–H groups in total. The van der Waals surface area contributed by atoms with Crippen LogP contribution in [0.4, 0.5) is 5.69 Å². The number of nitrogens with zero attached hydrogens (tertiary/aromatic N) is 3. The fraction of sp³-hybridized carbons (Fsp3) is 0.400. The molecule has 1 atom stereocenters. The van der Waals surface area contributed by atoms with Crippen LogP contribution in [0.15, 0.2) is 54.6 Å². The topological polar surface area (TPSA) is 85.0 Å². The van der Waals surface area contributed by atoms with E-state index in [1.807, 2.05) is 18.2 Å². The van der Waals surface area contributed by atoms with Crippen molar-refractivity contribution in [1.82, 2.24) is 20.0 Å². The Labute approximate surface area is 204 Å². The van der Waals surface area contributed by atoms with Crippen molar-refractivity contribution in [3.63, 3.8) is 0 Å². The largest absolute Gasteiger partial charge is 0.353 e. The minimum Gasteiger partial charge on any atom is -0.353 e. The second kappa shape index (κ2) is 11.5. The van der Waals surface area contributed by atoms with Crippen LogP contribution in [0.25, 0.3) is 0 Å². The van der Waals surface area contributed by atoms with Crippen LogP contribution in [0.2, 0.25) is 5.02 Å². The highest BCUT2D eigenvalue weighted by atomic mass is 35.5. The van der Waals surface area contributed by atoms with Crippen molar-refractivity contribution in [2.75, 3.05) is 51.1 Å². The number of halogens is 1. The van der Waals surface area contributed by atoms with Gasteiger partial charge < -0.3 is 15.5 Å². The molecule has 0 bridgehead atoms. The Morgan fingerprint density at radius 3 is 2.35 bits per heavy atom. The Morgan fingerprint density at radius 2 is 1.62 bits per heavy atom. The number of rotatable bonds is 7. The van der Waals surface area contributed by atoms with Crippen LogP contribution in [0.5, 0.6) is 0 Å². The number of hydrogen-bond donors (Lipinski definition) is 2. The van der Waals surface area contributed by atoms with E-state index in [9.17, 15) is 14.4 Å². The number of benzene rings is 2. The van der Waals surface area contributed by atoms with E-state index in [2.05, 4.69) is 32.6 Å². The number of carbonyl (C=O) groups is 3. The van der Waals surface area contributed by atoms with Gasteiger partial charge in [-0.05, 0) is 17.7 Å². The normalized spacial score (nSPS) is 19.5. The molecule has 2 aromatic rings. The number of para-hydroxylation sites is 1. The Hall–Kier alpha value is -2.94. The summed E-state index contributed by atoms with van der Waals surface area (Å²) in [5.74, 6) is -0.786. The molecule has 0 saturated carbocycles. The lowest BCUT2D eigenvalue weighted by Crippen LogP contribution is -2.60. The first kappa shape index (κ1) is 24.2. The van der Waals surface area contributed by atoms with Crippen LogP contribution < -0.4 is 10.6 Å². The number of nitrogens with one attached hydrogen (secondary N) is 2. The minimum atomic E-state index is -0.830. The average Bonchev–Trinajstić information content (AvgIpc) is 2.84. The predicted molar refractivity (Wildman–Crippen MR) is 131 cm³/mol. The number of carbonyl (C=O) groups excluding carboxylic acids is 3. The molecular weight excluding hydrogens is 454 g/mol. The fourth-order valence-electron chi connectivity index (χ4n) is 4.38.